The van der Waals surface area contributed by atoms with Crippen molar-refractivity contribution in [3.8, 4) is 0 Å². The average Bonchev–Trinajstić information content (AvgIpc) is 2.49. The topological polar surface area (TPSA) is 38.3 Å². The van der Waals surface area contributed by atoms with E-state index in [-0.39, 0.29) is 18.1 Å². The van der Waals surface area contributed by atoms with Gasteiger partial charge in [0, 0.05) is 12.6 Å². The third-order valence-corrected chi connectivity index (χ3v) is 4.12. The Morgan fingerprint density at radius 1 is 1.10 bits per heavy atom. The number of ether oxygens (including phenoxy) is 1. The zero-order chi connectivity index (χ0) is 14.7. The summed E-state index contributed by atoms with van der Waals surface area (Å²) < 4.78 is 5.46. The van der Waals surface area contributed by atoms with Crippen LogP contribution in [-0.2, 0) is 9.53 Å². The van der Waals surface area contributed by atoms with Crippen LogP contribution in [0.15, 0.2) is 42.5 Å². The molecule has 2 aromatic carbocycles. The fourth-order valence-corrected chi connectivity index (χ4v) is 3.11. The van der Waals surface area contributed by atoms with Crippen molar-refractivity contribution in [3.63, 3.8) is 0 Å². The summed E-state index contributed by atoms with van der Waals surface area (Å²) in [6, 6.07) is 14.9. The molecule has 0 radical (unpaired) electrons. The first kappa shape index (κ1) is 13.9. The van der Waals surface area contributed by atoms with Crippen molar-refractivity contribution in [2.45, 2.75) is 44.8 Å². The number of rotatable bonds is 3. The van der Waals surface area contributed by atoms with Gasteiger partial charge in [0.15, 0.2) is 0 Å². The van der Waals surface area contributed by atoms with E-state index >= 15 is 0 Å². The van der Waals surface area contributed by atoms with Crippen LogP contribution in [0.4, 0.5) is 5.69 Å². The second-order valence-electron chi connectivity index (χ2n) is 5.75. The molecule has 21 heavy (non-hydrogen) atoms. The van der Waals surface area contributed by atoms with E-state index in [2.05, 4.69) is 35.6 Å². The van der Waals surface area contributed by atoms with Crippen LogP contribution in [0.5, 0.6) is 0 Å². The maximum atomic E-state index is 11.2. The maximum Gasteiger partial charge on any atom is 0.302 e. The first-order valence-electron chi connectivity index (χ1n) is 7.65. The summed E-state index contributed by atoms with van der Waals surface area (Å²) in [5, 5.41) is 6.01. The fourth-order valence-electron chi connectivity index (χ4n) is 3.11. The zero-order valence-corrected chi connectivity index (χ0v) is 12.3. The molecule has 1 fully saturated rings. The highest BCUT2D eigenvalue weighted by Gasteiger charge is 2.27. The quantitative estimate of drug-likeness (QED) is 0.861. The number of anilines is 1. The Morgan fingerprint density at radius 3 is 2.67 bits per heavy atom. The summed E-state index contributed by atoms with van der Waals surface area (Å²) in [4.78, 5) is 11.2. The van der Waals surface area contributed by atoms with Gasteiger partial charge in [-0.15, -0.1) is 0 Å². The molecule has 0 aliphatic heterocycles. The maximum absolute atomic E-state index is 11.2. The van der Waals surface area contributed by atoms with E-state index in [1.165, 1.54) is 24.1 Å². The van der Waals surface area contributed by atoms with Gasteiger partial charge in [0.05, 0.1) is 6.04 Å². The van der Waals surface area contributed by atoms with E-state index < -0.39 is 0 Å². The number of carbonyl (C=O) groups excluding carboxylic acids is 1. The Balaban J connectivity index is 1.77. The summed E-state index contributed by atoms with van der Waals surface area (Å²) in [6.07, 6.45) is 4.30. The van der Waals surface area contributed by atoms with E-state index in [0.717, 1.165) is 24.9 Å². The van der Waals surface area contributed by atoms with Gasteiger partial charge in [-0.3, -0.25) is 4.79 Å². The fraction of sp³-hybridized carbons (Fsp3) is 0.389. The van der Waals surface area contributed by atoms with Gasteiger partial charge < -0.3 is 10.1 Å². The Labute approximate surface area is 125 Å². The van der Waals surface area contributed by atoms with Crippen molar-refractivity contribution in [2.24, 2.45) is 0 Å². The largest absolute Gasteiger partial charge is 0.460 e. The van der Waals surface area contributed by atoms with E-state index in [1.54, 1.807) is 0 Å². The lowest BCUT2D eigenvalue weighted by atomic mass is 9.92. The van der Waals surface area contributed by atoms with Gasteiger partial charge >= 0.3 is 5.97 Å². The SMILES string of the molecule is CC(=O)O[C@H]1CCCC[C@@H]1Nc1ccc2ccccc2c1. The summed E-state index contributed by atoms with van der Waals surface area (Å²) in [7, 11) is 0. The number of hydrogen-bond acceptors (Lipinski definition) is 3. The van der Waals surface area contributed by atoms with Crippen LogP contribution >= 0.6 is 0 Å². The molecule has 0 bridgehead atoms. The number of benzene rings is 2. The lowest BCUT2D eigenvalue weighted by molar-refractivity contribution is -0.148. The van der Waals surface area contributed by atoms with Gasteiger partial charge in [0.2, 0.25) is 0 Å². The summed E-state index contributed by atoms with van der Waals surface area (Å²) in [5.41, 5.74) is 1.10. The van der Waals surface area contributed by atoms with Gasteiger partial charge in [-0.25, -0.2) is 0 Å². The monoisotopic (exact) mass is 283 g/mol. The molecule has 1 aliphatic rings. The molecule has 0 saturated heterocycles. The highest BCUT2D eigenvalue weighted by molar-refractivity contribution is 5.85. The number of fused-ring (bicyclic) bond motifs is 1. The molecule has 3 nitrogen and oxygen atoms in total. The molecule has 0 spiro atoms. The molecular formula is C18H21NO2. The minimum atomic E-state index is -0.188. The Bertz CT molecular complexity index is 638. The normalized spacial score (nSPS) is 22.0. The molecule has 110 valence electrons. The highest BCUT2D eigenvalue weighted by atomic mass is 16.5. The van der Waals surface area contributed by atoms with Crippen molar-refractivity contribution >= 4 is 22.4 Å². The summed E-state index contributed by atoms with van der Waals surface area (Å²) in [6.45, 7) is 1.49. The van der Waals surface area contributed by atoms with Crippen LogP contribution in [0.3, 0.4) is 0 Å². The Hall–Kier alpha value is -2.03. The van der Waals surface area contributed by atoms with Crippen molar-refractivity contribution in [1.29, 1.82) is 0 Å². The number of nitrogens with one attached hydrogen (secondary N) is 1. The van der Waals surface area contributed by atoms with E-state index in [4.69, 9.17) is 4.74 Å². The molecule has 1 saturated carbocycles. The first-order chi connectivity index (χ1) is 10.2. The molecule has 0 amide bonds. The smallest absolute Gasteiger partial charge is 0.302 e. The van der Waals surface area contributed by atoms with Crippen molar-refractivity contribution in [2.75, 3.05) is 5.32 Å². The lowest BCUT2D eigenvalue weighted by Crippen LogP contribution is -2.39. The molecule has 3 heteroatoms. The number of esters is 1. The second-order valence-corrected chi connectivity index (χ2v) is 5.75. The predicted octanol–water partition coefficient (Wildman–Crippen LogP) is 4.13. The lowest BCUT2D eigenvalue weighted by Gasteiger charge is -2.32. The van der Waals surface area contributed by atoms with Crippen molar-refractivity contribution < 1.29 is 9.53 Å². The minimum absolute atomic E-state index is 0.0114. The van der Waals surface area contributed by atoms with E-state index in [9.17, 15) is 4.79 Å². The molecule has 3 rings (SSSR count). The van der Waals surface area contributed by atoms with Gasteiger partial charge in [-0.2, -0.15) is 0 Å². The molecule has 0 aromatic heterocycles. The zero-order valence-electron chi connectivity index (χ0n) is 12.3. The van der Waals surface area contributed by atoms with Gasteiger partial charge in [0.25, 0.3) is 0 Å². The molecule has 2 aromatic rings. The number of carbonyl (C=O) groups is 1. The number of hydrogen-bond donors (Lipinski definition) is 1. The van der Waals surface area contributed by atoms with Crippen LogP contribution in [0.2, 0.25) is 0 Å². The van der Waals surface area contributed by atoms with Crippen molar-refractivity contribution in [3.05, 3.63) is 42.5 Å². The van der Waals surface area contributed by atoms with E-state index in [1.807, 2.05) is 12.1 Å². The van der Waals surface area contributed by atoms with Gasteiger partial charge in [-0.1, -0.05) is 36.8 Å². The standard InChI is InChI=1S/C18H21NO2/c1-13(20)21-18-9-5-4-8-17(18)19-16-11-10-14-6-2-3-7-15(14)12-16/h2-3,6-7,10-12,17-19H,4-5,8-9H2,1H3/t17-,18-/m0/s1. The molecule has 1 N–H and O–H groups in total. The molecule has 1 aliphatic carbocycles. The van der Waals surface area contributed by atoms with Crippen LogP contribution in [0, 0.1) is 0 Å². The van der Waals surface area contributed by atoms with E-state index in [0.29, 0.717) is 0 Å². The highest BCUT2D eigenvalue weighted by Crippen LogP contribution is 2.26. The molecule has 2 atom stereocenters. The molecular weight excluding hydrogens is 262 g/mol. The summed E-state index contributed by atoms with van der Waals surface area (Å²) in [5.74, 6) is -0.188. The van der Waals surface area contributed by atoms with Gasteiger partial charge in [0.1, 0.15) is 6.10 Å². The third-order valence-electron chi connectivity index (χ3n) is 4.12. The Morgan fingerprint density at radius 2 is 1.86 bits per heavy atom. The van der Waals surface area contributed by atoms with Crippen LogP contribution in [0.25, 0.3) is 10.8 Å². The van der Waals surface area contributed by atoms with Crippen LogP contribution in [-0.4, -0.2) is 18.1 Å². The third kappa shape index (κ3) is 3.35. The molecule has 0 heterocycles. The predicted molar refractivity (Wildman–Crippen MR) is 85.4 cm³/mol. The Kier molecular flexibility index (Phi) is 4.09. The average molecular weight is 283 g/mol. The first-order valence-corrected chi connectivity index (χ1v) is 7.65. The van der Waals surface area contributed by atoms with Crippen molar-refractivity contribution in [1.82, 2.24) is 0 Å². The van der Waals surface area contributed by atoms with Crippen LogP contribution in [0.1, 0.15) is 32.6 Å². The minimum Gasteiger partial charge on any atom is -0.460 e. The summed E-state index contributed by atoms with van der Waals surface area (Å²) >= 11 is 0. The van der Waals surface area contributed by atoms with Crippen LogP contribution < -0.4 is 5.32 Å². The molecule has 0 unspecified atom stereocenters. The van der Waals surface area contributed by atoms with Gasteiger partial charge in [-0.05, 0) is 42.2 Å². The second kappa shape index (κ2) is 6.17.